The van der Waals surface area contributed by atoms with E-state index in [1.54, 1.807) is 23.1 Å². The van der Waals surface area contributed by atoms with Gasteiger partial charge in [-0.15, -0.1) is 11.3 Å². The number of thioether (sulfide) groups is 1. The first kappa shape index (κ1) is 22.0. The van der Waals surface area contributed by atoms with Gasteiger partial charge in [-0.3, -0.25) is 0 Å². The lowest BCUT2D eigenvalue weighted by atomic mass is 10.1. The van der Waals surface area contributed by atoms with E-state index in [4.69, 9.17) is 15.0 Å². The van der Waals surface area contributed by atoms with Crippen molar-refractivity contribution < 1.29 is 0 Å². The molecule has 0 radical (unpaired) electrons. The molecule has 31 heavy (non-hydrogen) atoms. The molecule has 0 unspecified atom stereocenters. The Morgan fingerprint density at radius 1 is 1.06 bits per heavy atom. The summed E-state index contributed by atoms with van der Waals surface area (Å²) < 4.78 is 1.16. The summed E-state index contributed by atoms with van der Waals surface area (Å²) in [6.07, 6.45) is 0. The maximum atomic E-state index is 5.02. The van der Waals surface area contributed by atoms with E-state index in [0.29, 0.717) is 0 Å². The zero-order chi connectivity index (χ0) is 21.8. The lowest BCUT2D eigenvalue weighted by molar-refractivity contribution is 0.584. The summed E-state index contributed by atoms with van der Waals surface area (Å²) in [6.45, 7) is 12.2. The molecule has 7 heteroatoms. The van der Waals surface area contributed by atoms with Crippen molar-refractivity contribution in [2.45, 2.75) is 32.9 Å². The number of anilines is 1. The first-order chi connectivity index (χ1) is 15.2. The fourth-order valence-electron chi connectivity index (χ4n) is 3.83. The van der Waals surface area contributed by atoms with Gasteiger partial charge in [0, 0.05) is 37.1 Å². The number of rotatable bonds is 4. The van der Waals surface area contributed by atoms with Crippen molar-refractivity contribution in [3.05, 3.63) is 42.0 Å². The second kappa shape index (κ2) is 9.94. The first-order valence-corrected chi connectivity index (χ1v) is 12.8. The van der Waals surface area contributed by atoms with Crippen molar-refractivity contribution in [2.24, 2.45) is 0 Å². The first-order valence-electron chi connectivity index (χ1n) is 11.0. The zero-order valence-corrected chi connectivity index (χ0v) is 20.2. The maximum absolute atomic E-state index is 5.02. The topological polar surface area (TPSA) is 53.9 Å². The molecule has 3 aromatic heterocycles. The monoisotopic (exact) mass is 451 g/mol. The van der Waals surface area contributed by atoms with Gasteiger partial charge in [-0.2, -0.15) is 0 Å². The number of hydrogen-bond donors (Lipinski definition) is 1. The summed E-state index contributed by atoms with van der Waals surface area (Å²) in [5.74, 6) is 2.03. The van der Waals surface area contributed by atoms with Gasteiger partial charge in [-0.1, -0.05) is 62.9 Å². The molecule has 5 nitrogen and oxygen atoms in total. The molecule has 1 aliphatic rings. The summed E-state index contributed by atoms with van der Waals surface area (Å²) in [6, 6.07) is 12.6. The molecule has 4 aromatic rings. The number of thiophene rings is 1. The molecule has 5 rings (SSSR count). The quantitative estimate of drug-likeness (QED) is 0.314. The molecule has 0 spiro atoms. The van der Waals surface area contributed by atoms with Gasteiger partial charge in [0.1, 0.15) is 4.83 Å². The van der Waals surface area contributed by atoms with Crippen LogP contribution in [-0.4, -0.2) is 46.9 Å². The molecular formula is C24H29N5S2. The Balaban J connectivity index is 0.00000112. The van der Waals surface area contributed by atoms with Gasteiger partial charge in [0.15, 0.2) is 11.0 Å². The Hall–Kier alpha value is -2.22. The Bertz CT molecular complexity index is 1170. The highest BCUT2D eigenvalue weighted by atomic mass is 32.2. The summed E-state index contributed by atoms with van der Waals surface area (Å²) >= 11 is 3.43. The Kier molecular flexibility index (Phi) is 7.05. The van der Waals surface area contributed by atoms with Crippen molar-refractivity contribution in [1.29, 1.82) is 0 Å². The van der Waals surface area contributed by atoms with Crippen molar-refractivity contribution >= 4 is 49.3 Å². The molecule has 1 fully saturated rings. The number of nitrogens with zero attached hydrogens (tertiary/aromatic N) is 4. The molecule has 4 heterocycles. The number of fused-ring (bicyclic) bond motifs is 3. The minimum atomic E-state index is 0.861. The number of aromatic nitrogens is 3. The van der Waals surface area contributed by atoms with Crippen LogP contribution in [0.2, 0.25) is 0 Å². The highest BCUT2D eigenvalue weighted by molar-refractivity contribution is 7.99. The van der Waals surface area contributed by atoms with Crippen LogP contribution in [0, 0.1) is 6.92 Å². The van der Waals surface area contributed by atoms with Crippen LogP contribution in [0.1, 0.15) is 26.3 Å². The molecule has 0 bridgehead atoms. The summed E-state index contributed by atoms with van der Waals surface area (Å²) in [7, 11) is 0. The van der Waals surface area contributed by atoms with Crippen molar-refractivity contribution in [2.75, 3.05) is 36.8 Å². The van der Waals surface area contributed by atoms with Gasteiger partial charge in [0.2, 0.25) is 0 Å². The zero-order valence-electron chi connectivity index (χ0n) is 18.6. The highest BCUT2D eigenvalue weighted by Gasteiger charge is 2.22. The van der Waals surface area contributed by atoms with E-state index in [1.807, 2.05) is 19.9 Å². The minimum absolute atomic E-state index is 0.861. The van der Waals surface area contributed by atoms with Crippen molar-refractivity contribution in [3.63, 3.8) is 0 Å². The van der Waals surface area contributed by atoms with Gasteiger partial charge in [-0.05, 0) is 24.3 Å². The molecule has 0 amide bonds. The number of piperazine rings is 1. The van der Waals surface area contributed by atoms with Crippen LogP contribution in [0.25, 0.3) is 31.7 Å². The average Bonchev–Trinajstić information content (AvgIpc) is 3.20. The predicted molar refractivity (Wildman–Crippen MR) is 136 cm³/mol. The van der Waals surface area contributed by atoms with Crippen LogP contribution in [0.3, 0.4) is 0 Å². The fraction of sp³-hybridized carbons (Fsp3) is 0.375. The average molecular weight is 452 g/mol. The normalized spacial score (nSPS) is 14.0. The van der Waals surface area contributed by atoms with Gasteiger partial charge >= 0.3 is 0 Å². The van der Waals surface area contributed by atoms with E-state index in [2.05, 4.69) is 54.4 Å². The summed E-state index contributed by atoms with van der Waals surface area (Å²) in [4.78, 5) is 18.4. The molecule has 0 aliphatic carbocycles. The van der Waals surface area contributed by atoms with Crippen LogP contribution in [-0.2, 0) is 0 Å². The molecule has 0 atom stereocenters. The van der Waals surface area contributed by atoms with Crippen molar-refractivity contribution in [3.8, 4) is 11.3 Å². The molecule has 1 saturated heterocycles. The number of aryl methyl sites for hydroxylation is 1. The largest absolute Gasteiger partial charge is 0.353 e. The van der Waals surface area contributed by atoms with E-state index in [0.717, 1.165) is 69.2 Å². The number of nitrogens with one attached hydrogen (secondary N) is 1. The molecule has 1 N–H and O–H groups in total. The van der Waals surface area contributed by atoms with Gasteiger partial charge in [-0.25, -0.2) is 15.0 Å². The second-order valence-corrected chi connectivity index (χ2v) is 9.38. The lowest BCUT2D eigenvalue weighted by Gasteiger charge is -2.28. The third kappa shape index (κ3) is 4.40. The number of hydrogen-bond acceptors (Lipinski definition) is 7. The Labute approximate surface area is 192 Å². The maximum Gasteiger partial charge on any atom is 0.190 e. The van der Waals surface area contributed by atoms with Gasteiger partial charge in [0.05, 0.1) is 15.9 Å². The minimum Gasteiger partial charge on any atom is -0.353 e. The van der Waals surface area contributed by atoms with Crippen LogP contribution in [0.15, 0.2) is 41.6 Å². The van der Waals surface area contributed by atoms with E-state index in [-0.39, 0.29) is 0 Å². The van der Waals surface area contributed by atoms with Crippen LogP contribution in [0.5, 0.6) is 0 Å². The third-order valence-electron chi connectivity index (χ3n) is 5.21. The lowest BCUT2D eigenvalue weighted by Crippen LogP contribution is -2.44. The summed E-state index contributed by atoms with van der Waals surface area (Å²) in [5, 5.41) is 5.46. The third-order valence-corrected chi connectivity index (χ3v) is 7.00. The predicted octanol–water partition coefficient (Wildman–Crippen LogP) is 5.76. The summed E-state index contributed by atoms with van der Waals surface area (Å²) in [5.41, 5.74) is 4.43. The number of benzene rings is 1. The van der Waals surface area contributed by atoms with E-state index < -0.39 is 0 Å². The van der Waals surface area contributed by atoms with Crippen LogP contribution < -0.4 is 10.2 Å². The second-order valence-electron chi connectivity index (χ2n) is 7.15. The molecule has 162 valence electrons. The molecular weight excluding hydrogens is 422 g/mol. The van der Waals surface area contributed by atoms with E-state index in [9.17, 15) is 0 Å². The molecule has 1 aliphatic heterocycles. The van der Waals surface area contributed by atoms with E-state index >= 15 is 0 Å². The van der Waals surface area contributed by atoms with Crippen LogP contribution >= 0.6 is 23.1 Å². The SMILES string of the molecule is CC.CCSc1nc(N2CCNCC2)c2sc3nc(-c4ccccc4)cc(C)c3c2n1. The Morgan fingerprint density at radius 2 is 1.81 bits per heavy atom. The highest BCUT2D eigenvalue weighted by Crippen LogP contribution is 2.40. The number of pyridine rings is 1. The van der Waals surface area contributed by atoms with Gasteiger partial charge < -0.3 is 10.2 Å². The smallest absolute Gasteiger partial charge is 0.190 e. The van der Waals surface area contributed by atoms with Gasteiger partial charge in [0.25, 0.3) is 0 Å². The Morgan fingerprint density at radius 3 is 2.52 bits per heavy atom. The molecule has 1 aromatic carbocycles. The fourth-order valence-corrected chi connectivity index (χ4v) is 5.60. The van der Waals surface area contributed by atoms with E-state index in [1.165, 1.54) is 10.9 Å². The van der Waals surface area contributed by atoms with Crippen molar-refractivity contribution in [1.82, 2.24) is 20.3 Å². The van der Waals surface area contributed by atoms with Crippen LogP contribution in [0.4, 0.5) is 5.82 Å². The standard InChI is InChI=1S/C22H23N5S2.C2H6/c1-3-28-22-25-18-17-14(2)13-16(15-7-5-4-6-8-15)24-21(17)29-19(18)20(26-22)27-11-9-23-10-12-27;1-2/h4-8,13,23H,3,9-12H2,1-2H3;1-2H3. The molecule has 0 saturated carbocycles.